The maximum Gasteiger partial charge on any atom is -0.0196 e. The van der Waals surface area contributed by atoms with E-state index >= 15 is 0 Å². The summed E-state index contributed by atoms with van der Waals surface area (Å²) in [5.74, 6) is 0. The molecule has 1 nitrogen and oxygen atoms in total. The first-order valence-electron chi connectivity index (χ1n) is 11.1. The van der Waals surface area contributed by atoms with Crippen molar-refractivity contribution in [3.63, 3.8) is 0 Å². The van der Waals surface area contributed by atoms with E-state index in [1.165, 1.54) is 21.2 Å². The minimum atomic E-state index is -0.359. The van der Waals surface area contributed by atoms with Crippen molar-refractivity contribution >= 4 is 57.4 Å². The van der Waals surface area contributed by atoms with Gasteiger partial charge in [-0.05, 0) is 49.4 Å². The Kier molecular flexibility index (Phi) is 13.3. The van der Waals surface area contributed by atoms with E-state index in [-0.39, 0.29) is 15.8 Å². The Morgan fingerprint density at radius 3 is 0.941 bits per heavy atom. The first-order valence-corrected chi connectivity index (χ1v) is 17.0. The van der Waals surface area contributed by atoms with Crippen molar-refractivity contribution in [2.75, 3.05) is 25.4 Å². The fourth-order valence-corrected chi connectivity index (χ4v) is 8.14. The summed E-state index contributed by atoms with van der Waals surface area (Å²) in [6.45, 7) is 1.84. The zero-order chi connectivity index (χ0) is 23.8. The molecule has 0 spiro atoms. The van der Waals surface area contributed by atoms with Crippen LogP contribution in [0.15, 0.2) is 121 Å². The van der Waals surface area contributed by atoms with E-state index in [0.29, 0.717) is 12.9 Å². The molecule has 0 heterocycles. The van der Waals surface area contributed by atoms with Crippen molar-refractivity contribution in [3.05, 3.63) is 127 Å². The summed E-state index contributed by atoms with van der Waals surface area (Å²) < 4.78 is 0. The predicted octanol–water partition coefficient (Wildman–Crippen LogP) is 7.00. The number of rotatable bonds is 10. The third kappa shape index (κ3) is 9.10. The number of hydrogen-bond donors (Lipinski definition) is 0. The number of nitrogens with zero attached hydrogens (tertiary/aromatic N) is 1. The molecule has 0 N–H and O–H groups in total. The topological polar surface area (TPSA) is 14.1 Å². The van der Waals surface area contributed by atoms with E-state index in [9.17, 15) is 0 Å². The fraction of sp³-hybridized carbons (Fsp3) is 0.143. The Morgan fingerprint density at radius 1 is 0.471 bits per heavy atom. The molecule has 0 aliphatic heterocycles. The van der Waals surface area contributed by atoms with Crippen LogP contribution in [0, 0.1) is 0 Å². The molecule has 0 amide bonds. The Hall–Kier alpha value is -1.21. The molecule has 4 aromatic carbocycles. The summed E-state index contributed by atoms with van der Waals surface area (Å²) in [7, 11) is 8.75. The Labute approximate surface area is 221 Å². The van der Waals surface area contributed by atoms with Crippen LogP contribution in [-0.2, 0) is 12.9 Å². The Bertz CT molecular complexity index is 877. The van der Waals surface area contributed by atoms with Crippen LogP contribution in [0.25, 0.3) is 5.32 Å². The molecular formula is C28H28Cl2CoNP2. The maximum atomic E-state index is 4.99. The van der Waals surface area contributed by atoms with Crippen LogP contribution in [0.4, 0.5) is 0 Å². The standard InChI is InChI=1S/C28H28NP2.2ClH.Co/c1-5-13-25(14-6-1)30(26-15-7-2-8-16-26)23-21-29-22-24-31(27-17-9-3-10-18-27)28-19-11-4-12-20-28;;;/h1-20H,21-24H2;2*1H;/q-1;;;+3/p-2. The van der Waals surface area contributed by atoms with Crippen LogP contribution in [0.2, 0.25) is 0 Å². The molecule has 0 fully saturated rings. The minimum Gasteiger partial charge on any atom is -0.662 e. The van der Waals surface area contributed by atoms with Crippen molar-refractivity contribution < 1.29 is 12.9 Å². The van der Waals surface area contributed by atoms with Crippen LogP contribution in [0.1, 0.15) is 0 Å². The zero-order valence-corrected chi connectivity index (χ0v) is 23.1. The molecule has 6 heteroatoms. The number of halogens is 2. The van der Waals surface area contributed by atoms with E-state index in [1.807, 2.05) is 0 Å². The number of benzene rings is 4. The predicted molar refractivity (Wildman–Crippen MR) is 153 cm³/mol. The van der Waals surface area contributed by atoms with Gasteiger partial charge in [0.2, 0.25) is 0 Å². The minimum absolute atomic E-state index is 0.359. The molecule has 0 aromatic heterocycles. The second-order valence-corrected chi connectivity index (χ2v) is 13.8. The van der Waals surface area contributed by atoms with Gasteiger partial charge >= 0.3 is 33.2 Å². The third-order valence-corrected chi connectivity index (χ3v) is 10.2. The maximum absolute atomic E-state index is 4.99. The molecule has 0 atom stereocenters. The van der Waals surface area contributed by atoms with Gasteiger partial charge in [-0.3, -0.25) is 0 Å². The smallest absolute Gasteiger partial charge is 0.0196 e. The monoisotopic (exact) mass is 569 g/mol. The second-order valence-electron chi connectivity index (χ2n) is 7.36. The summed E-state index contributed by atoms with van der Waals surface area (Å²) in [6.07, 6.45) is 2.22. The van der Waals surface area contributed by atoms with Crippen LogP contribution in [0.5, 0.6) is 0 Å². The van der Waals surface area contributed by atoms with Gasteiger partial charge < -0.3 is 5.32 Å². The van der Waals surface area contributed by atoms with Gasteiger partial charge in [0.25, 0.3) is 0 Å². The molecule has 178 valence electrons. The van der Waals surface area contributed by atoms with Gasteiger partial charge in [0.05, 0.1) is 0 Å². The van der Waals surface area contributed by atoms with Gasteiger partial charge in [0, 0.05) is 0 Å². The summed E-state index contributed by atoms with van der Waals surface area (Å²) in [5.41, 5.74) is 0. The van der Waals surface area contributed by atoms with Crippen molar-refractivity contribution in [1.29, 1.82) is 0 Å². The average molecular weight is 570 g/mol. The van der Waals surface area contributed by atoms with Crippen LogP contribution in [-0.4, -0.2) is 25.4 Å². The first kappa shape index (κ1) is 27.4. The summed E-state index contributed by atoms with van der Waals surface area (Å²) >= 11 is 0.382. The Balaban J connectivity index is 0.00000103. The fourth-order valence-electron chi connectivity index (χ4n) is 3.70. The molecule has 0 aliphatic carbocycles. The quantitative estimate of drug-likeness (QED) is 0.144. The van der Waals surface area contributed by atoms with Gasteiger partial charge in [0.1, 0.15) is 0 Å². The van der Waals surface area contributed by atoms with Crippen molar-refractivity contribution in [1.82, 2.24) is 0 Å². The van der Waals surface area contributed by atoms with Gasteiger partial charge in [-0.15, -0.1) is 13.1 Å². The van der Waals surface area contributed by atoms with E-state index in [0.717, 1.165) is 25.4 Å². The van der Waals surface area contributed by atoms with E-state index in [1.54, 1.807) is 0 Å². The molecule has 0 unspecified atom stereocenters. The largest absolute Gasteiger partial charge is 0.662 e. The van der Waals surface area contributed by atoms with Crippen molar-refractivity contribution in [2.45, 2.75) is 0 Å². The Morgan fingerprint density at radius 2 is 0.706 bits per heavy atom. The average Bonchev–Trinajstić information content (AvgIpc) is 2.91. The first-order chi connectivity index (χ1) is 16.8. The molecule has 0 saturated heterocycles. The van der Waals surface area contributed by atoms with E-state index < -0.39 is 0 Å². The number of hydrogen-bond acceptors (Lipinski definition) is 0. The van der Waals surface area contributed by atoms with Gasteiger partial charge in [-0.1, -0.05) is 121 Å². The molecule has 4 rings (SSSR count). The van der Waals surface area contributed by atoms with Gasteiger partial charge in [0.15, 0.2) is 0 Å². The second kappa shape index (κ2) is 16.5. The van der Waals surface area contributed by atoms with Crippen LogP contribution >= 0.6 is 36.1 Å². The van der Waals surface area contributed by atoms with Gasteiger partial charge in [-0.2, -0.15) is 0 Å². The van der Waals surface area contributed by atoms with Crippen LogP contribution in [0.3, 0.4) is 0 Å². The summed E-state index contributed by atoms with van der Waals surface area (Å²) in [6, 6.07) is 43.7. The van der Waals surface area contributed by atoms with E-state index in [2.05, 4.69) is 121 Å². The molecule has 0 radical (unpaired) electrons. The summed E-state index contributed by atoms with van der Waals surface area (Å²) in [5, 5.41) is 10.7. The van der Waals surface area contributed by atoms with Crippen molar-refractivity contribution in [2.24, 2.45) is 0 Å². The molecule has 0 saturated carbocycles. The normalized spacial score (nSPS) is 10.8. The zero-order valence-electron chi connectivity index (χ0n) is 18.8. The molecule has 0 bridgehead atoms. The molecule has 4 aromatic rings. The van der Waals surface area contributed by atoms with Crippen LogP contribution < -0.4 is 21.2 Å². The molecule has 34 heavy (non-hydrogen) atoms. The third-order valence-electron chi connectivity index (χ3n) is 5.23. The molecule has 0 aliphatic rings. The van der Waals surface area contributed by atoms with Crippen molar-refractivity contribution in [3.8, 4) is 0 Å². The van der Waals surface area contributed by atoms with E-state index in [4.69, 9.17) is 25.6 Å². The SMILES string of the molecule is [Cl][Co+][Cl].c1ccc(P(CC[N-]CCP(c2ccccc2)c2ccccc2)c2ccccc2)cc1. The van der Waals surface area contributed by atoms with Gasteiger partial charge in [-0.25, -0.2) is 0 Å². The molecular weight excluding hydrogens is 542 g/mol. The summed E-state index contributed by atoms with van der Waals surface area (Å²) in [4.78, 5) is 0.